The van der Waals surface area contributed by atoms with Crippen molar-refractivity contribution in [1.82, 2.24) is 0 Å². The van der Waals surface area contributed by atoms with Crippen LogP contribution in [0.15, 0.2) is 4.99 Å². The van der Waals surface area contributed by atoms with Crippen molar-refractivity contribution < 1.29 is 4.74 Å². The van der Waals surface area contributed by atoms with Crippen molar-refractivity contribution >= 4 is 5.96 Å². The van der Waals surface area contributed by atoms with Gasteiger partial charge in [-0.25, -0.2) is 0 Å². The molecule has 1 saturated heterocycles. The molecule has 1 saturated carbocycles. The van der Waals surface area contributed by atoms with Crippen molar-refractivity contribution in [3.8, 4) is 0 Å². The molecule has 2 aliphatic rings. The van der Waals surface area contributed by atoms with Crippen LogP contribution in [0.5, 0.6) is 0 Å². The summed E-state index contributed by atoms with van der Waals surface area (Å²) < 4.78 is 5.23. The van der Waals surface area contributed by atoms with E-state index in [1.54, 1.807) is 0 Å². The third-order valence-electron chi connectivity index (χ3n) is 2.61. The van der Waals surface area contributed by atoms with Gasteiger partial charge in [-0.15, -0.1) is 0 Å². The number of fused-ring (bicyclic) bond motifs is 1. The molecule has 2 unspecified atom stereocenters. The first-order valence-corrected chi connectivity index (χ1v) is 3.92. The predicted octanol–water partition coefficient (Wildman–Crippen LogP) is -0.848. The summed E-state index contributed by atoms with van der Waals surface area (Å²) in [6, 6.07) is 0. The molecule has 62 valence electrons. The highest BCUT2D eigenvalue weighted by Gasteiger charge is 2.53. The Balaban J connectivity index is 1.79. The van der Waals surface area contributed by atoms with E-state index in [-0.39, 0.29) is 5.96 Å². The van der Waals surface area contributed by atoms with Gasteiger partial charge in [0, 0.05) is 6.54 Å². The van der Waals surface area contributed by atoms with Crippen molar-refractivity contribution in [2.24, 2.45) is 34.2 Å². The molecular weight excluding hydrogens is 142 g/mol. The van der Waals surface area contributed by atoms with E-state index in [2.05, 4.69) is 4.99 Å². The molecule has 2 atom stereocenters. The lowest BCUT2D eigenvalue weighted by molar-refractivity contribution is 0.152. The maximum atomic E-state index is 5.23. The van der Waals surface area contributed by atoms with Crippen LogP contribution in [0.1, 0.15) is 0 Å². The zero-order chi connectivity index (χ0) is 7.84. The Morgan fingerprint density at radius 3 is 2.55 bits per heavy atom. The molecule has 1 aliphatic heterocycles. The number of hydrogen-bond acceptors (Lipinski definition) is 2. The molecule has 2 fully saturated rings. The van der Waals surface area contributed by atoms with Gasteiger partial charge in [-0.3, -0.25) is 4.99 Å². The minimum Gasteiger partial charge on any atom is -0.381 e. The molecule has 4 nitrogen and oxygen atoms in total. The van der Waals surface area contributed by atoms with E-state index in [4.69, 9.17) is 16.2 Å². The molecule has 1 heterocycles. The minimum atomic E-state index is 0.205. The summed E-state index contributed by atoms with van der Waals surface area (Å²) in [4.78, 5) is 3.99. The second-order valence-corrected chi connectivity index (χ2v) is 3.29. The summed E-state index contributed by atoms with van der Waals surface area (Å²) in [6.07, 6.45) is 0. The number of hydrogen-bond donors (Lipinski definition) is 2. The zero-order valence-electron chi connectivity index (χ0n) is 6.36. The molecule has 0 spiro atoms. The number of nitrogens with zero attached hydrogens (tertiary/aromatic N) is 1. The highest BCUT2D eigenvalue weighted by Crippen LogP contribution is 2.50. The summed E-state index contributed by atoms with van der Waals surface area (Å²) >= 11 is 0. The fourth-order valence-corrected chi connectivity index (χ4v) is 1.84. The standard InChI is InChI=1S/C7H13N3O/c8-7(9)10-1-4-5-2-11-3-6(4)5/h4-6H,1-3H2,(H4,8,9,10). The van der Waals surface area contributed by atoms with Crippen LogP contribution in [-0.4, -0.2) is 25.7 Å². The van der Waals surface area contributed by atoms with Crippen LogP contribution in [0.3, 0.4) is 0 Å². The monoisotopic (exact) mass is 155 g/mol. The summed E-state index contributed by atoms with van der Waals surface area (Å²) in [7, 11) is 0. The lowest BCUT2D eigenvalue weighted by atomic mass is 10.3. The van der Waals surface area contributed by atoms with Crippen LogP contribution >= 0.6 is 0 Å². The number of ether oxygens (including phenoxy) is 1. The first-order chi connectivity index (χ1) is 5.29. The zero-order valence-corrected chi connectivity index (χ0v) is 6.36. The van der Waals surface area contributed by atoms with Crippen LogP contribution in [-0.2, 0) is 4.74 Å². The van der Waals surface area contributed by atoms with Crippen molar-refractivity contribution in [1.29, 1.82) is 0 Å². The SMILES string of the molecule is NC(N)=NCC1C2COCC12. The Hall–Kier alpha value is -0.770. The van der Waals surface area contributed by atoms with Crippen LogP contribution in [0.4, 0.5) is 0 Å². The fraction of sp³-hybridized carbons (Fsp3) is 0.857. The molecule has 4 heteroatoms. The van der Waals surface area contributed by atoms with E-state index < -0.39 is 0 Å². The van der Waals surface area contributed by atoms with E-state index in [1.165, 1.54) is 0 Å². The lowest BCUT2D eigenvalue weighted by Crippen LogP contribution is -2.23. The van der Waals surface area contributed by atoms with Gasteiger partial charge in [-0.1, -0.05) is 0 Å². The van der Waals surface area contributed by atoms with Gasteiger partial charge in [-0.2, -0.15) is 0 Å². The molecule has 0 aromatic heterocycles. The van der Waals surface area contributed by atoms with Crippen LogP contribution in [0.25, 0.3) is 0 Å². The first kappa shape index (κ1) is 6.91. The quantitative estimate of drug-likeness (QED) is 0.403. The Morgan fingerprint density at radius 1 is 1.36 bits per heavy atom. The van der Waals surface area contributed by atoms with Gasteiger partial charge in [0.1, 0.15) is 0 Å². The van der Waals surface area contributed by atoms with E-state index in [0.717, 1.165) is 31.6 Å². The van der Waals surface area contributed by atoms with E-state index in [9.17, 15) is 0 Å². The molecule has 0 aromatic rings. The molecule has 2 rings (SSSR count). The summed E-state index contributed by atoms with van der Waals surface area (Å²) in [5.74, 6) is 2.40. The van der Waals surface area contributed by atoms with Gasteiger partial charge in [-0.05, 0) is 17.8 Å². The molecule has 0 amide bonds. The average molecular weight is 155 g/mol. The average Bonchev–Trinajstić information content (AvgIpc) is 2.44. The third-order valence-corrected chi connectivity index (χ3v) is 2.61. The van der Waals surface area contributed by atoms with Crippen molar-refractivity contribution in [3.63, 3.8) is 0 Å². The minimum absolute atomic E-state index is 0.205. The van der Waals surface area contributed by atoms with Gasteiger partial charge in [0.05, 0.1) is 13.2 Å². The van der Waals surface area contributed by atoms with Crippen molar-refractivity contribution in [2.45, 2.75) is 0 Å². The van der Waals surface area contributed by atoms with Crippen molar-refractivity contribution in [2.75, 3.05) is 19.8 Å². The van der Waals surface area contributed by atoms with Crippen LogP contribution < -0.4 is 11.5 Å². The number of rotatable bonds is 2. The number of guanidine groups is 1. The van der Waals surface area contributed by atoms with Crippen molar-refractivity contribution in [3.05, 3.63) is 0 Å². The smallest absolute Gasteiger partial charge is 0.185 e. The summed E-state index contributed by atoms with van der Waals surface area (Å²) in [5.41, 5.74) is 10.4. The Bertz CT molecular complexity index is 178. The number of aliphatic imine (C=N–C) groups is 1. The van der Waals surface area contributed by atoms with Gasteiger partial charge >= 0.3 is 0 Å². The molecule has 0 radical (unpaired) electrons. The Labute approximate surface area is 65.6 Å². The topological polar surface area (TPSA) is 73.6 Å². The molecule has 0 bridgehead atoms. The fourth-order valence-electron chi connectivity index (χ4n) is 1.84. The lowest BCUT2D eigenvalue weighted by Gasteiger charge is -1.99. The summed E-state index contributed by atoms with van der Waals surface area (Å²) in [6.45, 7) is 2.62. The molecule has 0 aromatic carbocycles. The highest BCUT2D eigenvalue weighted by molar-refractivity contribution is 5.75. The molecule has 1 aliphatic carbocycles. The van der Waals surface area contributed by atoms with Crippen LogP contribution in [0, 0.1) is 17.8 Å². The second-order valence-electron chi connectivity index (χ2n) is 3.29. The largest absolute Gasteiger partial charge is 0.381 e. The van der Waals surface area contributed by atoms with Crippen LogP contribution in [0.2, 0.25) is 0 Å². The van der Waals surface area contributed by atoms with E-state index >= 15 is 0 Å². The van der Waals surface area contributed by atoms with Gasteiger partial charge in [0.25, 0.3) is 0 Å². The third kappa shape index (κ3) is 1.18. The molecule has 11 heavy (non-hydrogen) atoms. The Morgan fingerprint density at radius 2 is 2.00 bits per heavy atom. The number of nitrogens with two attached hydrogens (primary N) is 2. The Kier molecular flexibility index (Phi) is 1.49. The first-order valence-electron chi connectivity index (χ1n) is 3.92. The van der Waals surface area contributed by atoms with E-state index in [0.29, 0.717) is 5.92 Å². The maximum Gasteiger partial charge on any atom is 0.185 e. The van der Waals surface area contributed by atoms with Gasteiger partial charge in [0.2, 0.25) is 0 Å². The van der Waals surface area contributed by atoms with Gasteiger partial charge < -0.3 is 16.2 Å². The molecular formula is C7H13N3O. The highest BCUT2D eigenvalue weighted by atomic mass is 16.5. The van der Waals surface area contributed by atoms with E-state index in [1.807, 2.05) is 0 Å². The summed E-state index contributed by atoms with van der Waals surface area (Å²) in [5, 5.41) is 0. The van der Waals surface area contributed by atoms with Gasteiger partial charge in [0.15, 0.2) is 5.96 Å². The maximum absolute atomic E-state index is 5.23. The second kappa shape index (κ2) is 2.37. The normalized spacial score (nSPS) is 39.8. The predicted molar refractivity (Wildman–Crippen MR) is 42.0 cm³/mol. The molecule has 4 N–H and O–H groups in total.